The summed E-state index contributed by atoms with van der Waals surface area (Å²) in [6.07, 6.45) is 0. The summed E-state index contributed by atoms with van der Waals surface area (Å²) in [5.74, 6) is -1.90. The molecule has 170 valence electrons. The van der Waals surface area contributed by atoms with E-state index in [1.165, 1.54) is 11.6 Å². The van der Waals surface area contributed by atoms with Gasteiger partial charge in [0.2, 0.25) is 0 Å². The molecule has 0 saturated carbocycles. The lowest BCUT2D eigenvalue weighted by molar-refractivity contribution is 0.0690. The van der Waals surface area contributed by atoms with Gasteiger partial charge in [0.05, 0.1) is 23.1 Å². The van der Waals surface area contributed by atoms with Crippen LogP contribution in [0.5, 0.6) is 0 Å². The average Bonchev–Trinajstić information content (AvgIpc) is 2.83. The minimum absolute atomic E-state index is 0.0111. The van der Waals surface area contributed by atoms with Crippen LogP contribution < -0.4 is 5.32 Å². The van der Waals surface area contributed by atoms with Gasteiger partial charge in [-0.25, -0.2) is 4.79 Å². The van der Waals surface area contributed by atoms with Gasteiger partial charge in [-0.1, -0.05) is 67.9 Å². The van der Waals surface area contributed by atoms with Crippen LogP contribution in [0, 0.1) is 0 Å². The number of aromatic carboxylic acids is 1. The summed E-state index contributed by atoms with van der Waals surface area (Å²) in [5.41, 5.74) is 3.75. The Kier molecular flexibility index (Phi) is 6.82. The van der Waals surface area contributed by atoms with Crippen molar-refractivity contribution in [1.82, 2.24) is 4.90 Å². The summed E-state index contributed by atoms with van der Waals surface area (Å²) in [4.78, 5) is 27.9. The highest BCUT2D eigenvalue weighted by atomic mass is 35.5. The molecule has 2 unspecified atom stereocenters. The van der Waals surface area contributed by atoms with Gasteiger partial charge in [-0.3, -0.25) is 9.69 Å². The fourth-order valence-corrected chi connectivity index (χ4v) is 4.63. The minimum Gasteiger partial charge on any atom is -0.478 e. The number of carboxylic acids is 1. The van der Waals surface area contributed by atoms with Crippen molar-refractivity contribution in [2.75, 3.05) is 18.4 Å². The van der Waals surface area contributed by atoms with Crippen molar-refractivity contribution in [3.8, 4) is 0 Å². The summed E-state index contributed by atoms with van der Waals surface area (Å²) in [6, 6.07) is 20.1. The van der Waals surface area contributed by atoms with Crippen molar-refractivity contribution in [1.29, 1.82) is 0 Å². The summed E-state index contributed by atoms with van der Waals surface area (Å²) >= 11 is 6.09. The number of rotatable bonds is 7. The monoisotopic (exact) mass is 462 g/mol. The summed E-state index contributed by atoms with van der Waals surface area (Å²) in [6.45, 7) is 7.14. The van der Waals surface area contributed by atoms with Gasteiger partial charge >= 0.3 is 5.97 Å². The van der Waals surface area contributed by atoms with Gasteiger partial charge in [-0.15, -0.1) is 0 Å². The Morgan fingerprint density at radius 3 is 2.21 bits per heavy atom. The standard InChI is InChI=1S/C27H27ClN2O3/c1-3-30(4-2)16-17-8-10-19(11-9-17)25-23(18-12-14-20(28)15-13-18)26(31)24-21(27(32)33)6-5-7-22(24)29-25/h5-15,23,25,29H,3-4,16H2,1-2H3,(H,32,33). The number of anilines is 1. The zero-order valence-electron chi connectivity index (χ0n) is 18.7. The van der Waals surface area contributed by atoms with Crippen molar-refractivity contribution in [3.63, 3.8) is 0 Å². The molecule has 33 heavy (non-hydrogen) atoms. The van der Waals surface area contributed by atoms with E-state index in [2.05, 4.69) is 48.3 Å². The zero-order valence-corrected chi connectivity index (χ0v) is 19.5. The average molecular weight is 463 g/mol. The number of fused-ring (bicyclic) bond motifs is 1. The number of hydrogen-bond acceptors (Lipinski definition) is 4. The van der Waals surface area contributed by atoms with Gasteiger partial charge in [0.25, 0.3) is 0 Å². The van der Waals surface area contributed by atoms with Crippen LogP contribution in [0.1, 0.15) is 63.2 Å². The number of halogens is 1. The van der Waals surface area contributed by atoms with Crippen LogP contribution in [-0.2, 0) is 6.54 Å². The lowest BCUT2D eigenvalue weighted by atomic mass is 9.77. The van der Waals surface area contributed by atoms with Crippen molar-refractivity contribution < 1.29 is 14.7 Å². The van der Waals surface area contributed by atoms with E-state index in [9.17, 15) is 14.7 Å². The number of carboxylic acid groups (broad SMARTS) is 1. The predicted octanol–water partition coefficient (Wildman–Crippen LogP) is 6.01. The molecular weight excluding hydrogens is 436 g/mol. The van der Waals surface area contributed by atoms with E-state index in [0.29, 0.717) is 10.7 Å². The molecule has 0 spiro atoms. The third-order valence-electron chi connectivity index (χ3n) is 6.34. The lowest BCUT2D eigenvalue weighted by Crippen LogP contribution is -2.33. The Balaban J connectivity index is 1.77. The van der Waals surface area contributed by atoms with Crippen LogP contribution in [0.15, 0.2) is 66.7 Å². The Morgan fingerprint density at radius 1 is 0.970 bits per heavy atom. The van der Waals surface area contributed by atoms with Crippen LogP contribution in [0.4, 0.5) is 5.69 Å². The fourth-order valence-electron chi connectivity index (χ4n) is 4.50. The predicted molar refractivity (Wildman–Crippen MR) is 131 cm³/mol. The molecule has 0 radical (unpaired) electrons. The fraction of sp³-hybridized carbons (Fsp3) is 0.259. The molecule has 0 bridgehead atoms. The molecule has 6 heteroatoms. The molecule has 1 heterocycles. The first-order chi connectivity index (χ1) is 15.9. The summed E-state index contributed by atoms with van der Waals surface area (Å²) in [7, 11) is 0. The van der Waals surface area contributed by atoms with Gasteiger partial charge in [0, 0.05) is 17.3 Å². The smallest absolute Gasteiger partial charge is 0.336 e. The normalized spacial score (nSPS) is 17.5. The Bertz CT molecular complexity index is 1150. The van der Waals surface area contributed by atoms with E-state index in [1.807, 2.05) is 12.1 Å². The number of Topliss-reactive ketones (excluding diaryl/α,β-unsaturated/α-hetero) is 1. The molecule has 3 aromatic rings. The van der Waals surface area contributed by atoms with E-state index in [1.54, 1.807) is 24.3 Å². The number of nitrogens with zero attached hydrogens (tertiary/aromatic N) is 1. The van der Waals surface area contributed by atoms with Gasteiger partial charge in [-0.05, 0) is 54.0 Å². The molecule has 2 N–H and O–H groups in total. The Morgan fingerprint density at radius 2 is 1.61 bits per heavy atom. The highest BCUT2D eigenvalue weighted by Crippen LogP contribution is 2.43. The minimum atomic E-state index is -1.11. The number of carbonyl (C=O) groups excluding carboxylic acids is 1. The highest BCUT2D eigenvalue weighted by Gasteiger charge is 2.39. The third kappa shape index (κ3) is 4.65. The number of hydrogen-bond donors (Lipinski definition) is 2. The molecule has 0 fully saturated rings. The second-order valence-corrected chi connectivity index (χ2v) is 8.69. The molecular formula is C27H27ClN2O3. The van der Waals surface area contributed by atoms with Crippen molar-refractivity contribution in [3.05, 3.63) is 99.6 Å². The molecule has 3 aromatic carbocycles. The van der Waals surface area contributed by atoms with Crippen molar-refractivity contribution in [2.24, 2.45) is 0 Å². The van der Waals surface area contributed by atoms with Crippen LogP contribution >= 0.6 is 11.6 Å². The molecule has 0 saturated heterocycles. The summed E-state index contributed by atoms with van der Waals surface area (Å²) < 4.78 is 0. The molecule has 0 amide bonds. The van der Waals surface area contributed by atoms with E-state index in [-0.39, 0.29) is 23.0 Å². The Labute approximate surface area is 199 Å². The molecule has 1 aliphatic heterocycles. The summed E-state index contributed by atoms with van der Waals surface area (Å²) in [5, 5.41) is 13.7. The van der Waals surface area contributed by atoms with Gasteiger partial charge in [0.15, 0.2) is 5.78 Å². The molecule has 0 aliphatic carbocycles. The number of carbonyl (C=O) groups is 2. The lowest BCUT2D eigenvalue weighted by Gasteiger charge is -2.35. The Hall–Kier alpha value is -3.15. The number of ketones is 1. The maximum Gasteiger partial charge on any atom is 0.336 e. The van der Waals surface area contributed by atoms with Gasteiger partial charge in [0.1, 0.15) is 0 Å². The van der Waals surface area contributed by atoms with Crippen LogP contribution in [0.3, 0.4) is 0 Å². The number of nitrogens with one attached hydrogen (secondary N) is 1. The van der Waals surface area contributed by atoms with Gasteiger partial charge in [-0.2, -0.15) is 0 Å². The van der Waals surface area contributed by atoms with Crippen LogP contribution in [0.25, 0.3) is 0 Å². The van der Waals surface area contributed by atoms with E-state index in [0.717, 1.165) is 30.8 Å². The second kappa shape index (κ2) is 9.77. The highest BCUT2D eigenvalue weighted by molar-refractivity contribution is 6.30. The quantitative estimate of drug-likeness (QED) is 0.449. The van der Waals surface area contributed by atoms with Crippen LogP contribution in [0.2, 0.25) is 5.02 Å². The van der Waals surface area contributed by atoms with Crippen molar-refractivity contribution >= 4 is 29.0 Å². The molecule has 2 atom stereocenters. The third-order valence-corrected chi connectivity index (χ3v) is 6.59. The number of benzene rings is 3. The zero-order chi connectivity index (χ0) is 23.5. The maximum atomic E-state index is 13.8. The van der Waals surface area contributed by atoms with Crippen molar-refractivity contribution in [2.45, 2.75) is 32.4 Å². The first-order valence-corrected chi connectivity index (χ1v) is 11.5. The first kappa shape index (κ1) is 23.0. The van der Waals surface area contributed by atoms with E-state index >= 15 is 0 Å². The largest absolute Gasteiger partial charge is 0.478 e. The molecule has 5 nitrogen and oxygen atoms in total. The topological polar surface area (TPSA) is 69.6 Å². The van der Waals surface area contributed by atoms with E-state index < -0.39 is 11.9 Å². The second-order valence-electron chi connectivity index (χ2n) is 8.25. The first-order valence-electron chi connectivity index (χ1n) is 11.2. The van der Waals surface area contributed by atoms with Gasteiger partial charge < -0.3 is 10.4 Å². The van der Waals surface area contributed by atoms with E-state index in [4.69, 9.17) is 11.6 Å². The van der Waals surface area contributed by atoms with Crippen LogP contribution in [-0.4, -0.2) is 34.8 Å². The SMILES string of the molecule is CCN(CC)Cc1ccc(C2Nc3cccc(C(=O)O)c3C(=O)C2c2ccc(Cl)cc2)cc1. The molecule has 0 aromatic heterocycles. The molecule has 1 aliphatic rings. The maximum absolute atomic E-state index is 13.8. The molecule has 4 rings (SSSR count).